The van der Waals surface area contributed by atoms with Crippen LogP contribution in [0.1, 0.15) is 30.1 Å². The molecule has 1 aliphatic heterocycles. The molecule has 0 unspecified atom stereocenters. The molecule has 7 heteroatoms. The predicted octanol–water partition coefficient (Wildman–Crippen LogP) is 7.29. The Bertz CT molecular complexity index is 1080. The third kappa shape index (κ3) is 5.63. The van der Waals surface area contributed by atoms with Crippen molar-refractivity contribution in [2.45, 2.75) is 19.8 Å². The Labute approximate surface area is 187 Å². The van der Waals surface area contributed by atoms with Crippen LogP contribution in [0, 0.1) is 0 Å². The van der Waals surface area contributed by atoms with Crippen LogP contribution in [-0.2, 0) is 4.74 Å². The molecule has 32 heavy (non-hydrogen) atoms. The minimum Gasteiger partial charge on any atom is -0.462 e. The molecule has 162 valence electrons. The fraction of sp³-hybridized carbons (Fsp3) is 0.240. The van der Waals surface area contributed by atoms with Crippen molar-refractivity contribution >= 4 is 34.4 Å². The molecule has 0 saturated carbocycles. The van der Waals surface area contributed by atoms with E-state index < -0.39 is 0 Å². The van der Waals surface area contributed by atoms with Crippen molar-refractivity contribution in [2.24, 2.45) is 20.5 Å². The van der Waals surface area contributed by atoms with Crippen LogP contribution in [-0.4, -0.2) is 25.7 Å². The first-order valence-electron chi connectivity index (χ1n) is 10.8. The minimum atomic E-state index is -0.344. The van der Waals surface area contributed by atoms with Gasteiger partial charge in [0.2, 0.25) is 0 Å². The van der Waals surface area contributed by atoms with Crippen molar-refractivity contribution < 1.29 is 9.53 Å². The summed E-state index contributed by atoms with van der Waals surface area (Å²) in [4.78, 5) is 14.1. The van der Waals surface area contributed by atoms with Crippen LogP contribution in [0.5, 0.6) is 0 Å². The number of hydrogen-bond acceptors (Lipinski definition) is 7. The number of anilines is 1. The van der Waals surface area contributed by atoms with Crippen LogP contribution in [0.2, 0.25) is 0 Å². The first-order chi connectivity index (χ1) is 15.7. The molecule has 0 amide bonds. The van der Waals surface area contributed by atoms with E-state index in [2.05, 4.69) is 37.5 Å². The van der Waals surface area contributed by atoms with Crippen molar-refractivity contribution in [3.8, 4) is 0 Å². The number of ether oxygens (including phenoxy) is 1. The van der Waals surface area contributed by atoms with E-state index in [0.29, 0.717) is 23.5 Å². The molecule has 0 bridgehead atoms. The number of nitrogens with zero attached hydrogens (tertiary/aromatic N) is 5. The molecule has 3 aromatic carbocycles. The average molecular weight is 428 g/mol. The highest BCUT2D eigenvalue weighted by molar-refractivity contribution is 5.89. The fourth-order valence-corrected chi connectivity index (χ4v) is 3.40. The van der Waals surface area contributed by atoms with E-state index in [4.69, 9.17) is 4.74 Å². The van der Waals surface area contributed by atoms with Crippen LogP contribution in [0.3, 0.4) is 0 Å². The molecule has 1 saturated heterocycles. The summed E-state index contributed by atoms with van der Waals surface area (Å²) >= 11 is 0. The number of rotatable bonds is 7. The van der Waals surface area contributed by atoms with E-state index in [1.807, 2.05) is 36.4 Å². The van der Waals surface area contributed by atoms with Gasteiger partial charge in [0.25, 0.3) is 0 Å². The smallest absolute Gasteiger partial charge is 0.338 e. The van der Waals surface area contributed by atoms with Gasteiger partial charge in [0.15, 0.2) is 0 Å². The van der Waals surface area contributed by atoms with Gasteiger partial charge in [-0.25, -0.2) is 4.79 Å². The van der Waals surface area contributed by atoms with Gasteiger partial charge in [0, 0.05) is 18.8 Å². The molecule has 0 N–H and O–H groups in total. The Balaban J connectivity index is 1.34. The summed E-state index contributed by atoms with van der Waals surface area (Å²) < 4.78 is 4.97. The van der Waals surface area contributed by atoms with E-state index in [-0.39, 0.29) is 5.97 Å². The molecule has 4 rings (SSSR count). The van der Waals surface area contributed by atoms with Gasteiger partial charge in [-0.05, 0) is 92.6 Å². The second-order valence-electron chi connectivity index (χ2n) is 7.39. The van der Waals surface area contributed by atoms with Crippen molar-refractivity contribution in [1.29, 1.82) is 0 Å². The Morgan fingerprint density at radius 1 is 0.719 bits per heavy atom. The maximum Gasteiger partial charge on any atom is 0.338 e. The monoisotopic (exact) mass is 427 g/mol. The maximum absolute atomic E-state index is 11.7. The van der Waals surface area contributed by atoms with Gasteiger partial charge in [-0.1, -0.05) is 0 Å². The predicted molar refractivity (Wildman–Crippen MR) is 125 cm³/mol. The zero-order valence-corrected chi connectivity index (χ0v) is 18.0. The third-order valence-corrected chi connectivity index (χ3v) is 5.11. The highest BCUT2D eigenvalue weighted by Gasteiger charge is 2.11. The van der Waals surface area contributed by atoms with Gasteiger partial charge in [0.05, 0.1) is 34.9 Å². The lowest BCUT2D eigenvalue weighted by Crippen LogP contribution is -2.17. The van der Waals surface area contributed by atoms with Gasteiger partial charge in [0.1, 0.15) is 0 Å². The summed E-state index contributed by atoms with van der Waals surface area (Å²) in [5, 5.41) is 17.0. The molecule has 1 heterocycles. The normalized spacial score (nSPS) is 13.8. The number of azo groups is 2. The van der Waals surface area contributed by atoms with Crippen molar-refractivity contribution in [2.75, 3.05) is 24.6 Å². The van der Waals surface area contributed by atoms with Crippen LogP contribution in [0.15, 0.2) is 93.3 Å². The summed E-state index contributed by atoms with van der Waals surface area (Å²) in [6.07, 6.45) is 2.53. The number of esters is 1. The number of benzene rings is 3. The van der Waals surface area contributed by atoms with Gasteiger partial charge in [-0.2, -0.15) is 20.5 Å². The first kappa shape index (κ1) is 21.4. The quantitative estimate of drug-likeness (QED) is 0.293. The summed E-state index contributed by atoms with van der Waals surface area (Å²) in [5.41, 5.74) is 4.65. The largest absolute Gasteiger partial charge is 0.462 e. The van der Waals surface area contributed by atoms with Crippen LogP contribution < -0.4 is 4.90 Å². The van der Waals surface area contributed by atoms with Crippen molar-refractivity contribution in [3.63, 3.8) is 0 Å². The summed E-state index contributed by atoms with van der Waals surface area (Å²) in [6.45, 7) is 4.38. The average Bonchev–Trinajstić information content (AvgIpc) is 3.38. The van der Waals surface area contributed by atoms with E-state index >= 15 is 0 Å². The Hall–Kier alpha value is -3.87. The van der Waals surface area contributed by atoms with Gasteiger partial charge < -0.3 is 9.64 Å². The molecular weight excluding hydrogens is 402 g/mol. The molecule has 7 nitrogen and oxygen atoms in total. The minimum absolute atomic E-state index is 0.344. The molecule has 1 fully saturated rings. The number of hydrogen-bond donors (Lipinski definition) is 0. The molecular formula is C25H25N5O2. The molecule has 0 spiro atoms. The first-order valence-corrected chi connectivity index (χ1v) is 10.8. The zero-order chi connectivity index (χ0) is 22.2. The maximum atomic E-state index is 11.7. The lowest BCUT2D eigenvalue weighted by molar-refractivity contribution is 0.0526. The number of carbonyl (C=O) groups is 1. The molecule has 1 aliphatic rings. The second-order valence-corrected chi connectivity index (χ2v) is 7.39. The second kappa shape index (κ2) is 10.4. The highest BCUT2D eigenvalue weighted by Crippen LogP contribution is 2.26. The van der Waals surface area contributed by atoms with Gasteiger partial charge >= 0.3 is 5.97 Å². The summed E-state index contributed by atoms with van der Waals surface area (Å²) in [5.74, 6) is -0.344. The SMILES string of the molecule is CCOC(=O)c1ccc(/N=N/c2ccc(/N=N/c3ccc(N4CCCC4)cc3)cc2)cc1. The van der Waals surface area contributed by atoms with E-state index in [1.54, 1.807) is 31.2 Å². The van der Waals surface area contributed by atoms with Gasteiger partial charge in [-0.3, -0.25) is 0 Å². The molecule has 0 aliphatic carbocycles. The summed E-state index contributed by atoms with van der Waals surface area (Å²) in [7, 11) is 0. The van der Waals surface area contributed by atoms with Crippen LogP contribution in [0.25, 0.3) is 0 Å². The molecule has 3 aromatic rings. The zero-order valence-electron chi connectivity index (χ0n) is 18.0. The fourth-order valence-electron chi connectivity index (χ4n) is 3.40. The highest BCUT2D eigenvalue weighted by atomic mass is 16.5. The topological polar surface area (TPSA) is 79.0 Å². The third-order valence-electron chi connectivity index (χ3n) is 5.11. The van der Waals surface area contributed by atoms with E-state index in [0.717, 1.165) is 24.5 Å². The lowest BCUT2D eigenvalue weighted by atomic mass is 10.2. The lowest BCUT2D eigenvalue weighted by Gasteiger charge is -2.17. The Kier molecular flexibility index (Phi) is 6.97. The van der Waals surface area contributed by atoms with Crippen LogP contribution in [0.4, 0.5) is 28.4 Å². The standard InChI is InChI=1S/C25H25N5O2/c1-2-32-25(31)19-5-7-20(8-6-19)26-27-21-9-11-22(12-10-21)28-29-23-13-15-24(16-14-23)30-17-3-4-18-30/h5-16H,2-4,17-18H2,1H3/b27-26+,29-28+. The number of carbonyl (C=O) groups excluding carboxylic acids is 1. The van der Waals surface area contributed by atoms with Crippen LogP contribution >= 0.6 is 0 Å². The molecule has 0 radical (unpaired) electrons. The van der Waals surface area contributed by atoms with Gasteiger partial charge in [-0.15, -0.1) is 0 Å². The summed E-state index contributed by atoms with van der Waals surface area (Å²) in [6, 6.07) is 22.4. The van der Waals surface area contributed by atoms with Crippen molar-refractivity contribution in [3.05, 3.63) is 78.4 Å². The van der Waals surface area contributed by atoms with E-state index in [9.17, 15) is 4.79 Å². The van der Waals surface area contributed by atoms with E-state index in [1.165, 1.54) is 18.5 Å². The Morgan fingerprint density at radius 3 is 1.56 bits per heavy atom. The van der Waals surface area contributed by atoms with Crippen molar-refractivity contribution in [1.82, 2.24) is 0 Å². The molecule has 0 aromatic heterocycles. The Morgan fingerprint density at radius 2 is 1.12 bits per heavy atom. The molecule has 0 atom stereocenters.